The zero-order valence-corrected chi connectivity index (χ0v) is 9.79. The molecular weight excluding hydrogens is 172 g/mol. The van der Waals surface area contributed by atoms with E-state index in [-0.39, 0.29) is 11.7 Å². The molecule has 1 nitrogen and oxygen atoms in total. The number of carbonyl (C=O) groups excluding carboxylic acids is 1. The summed E-state index contributed by atoms with van der Waals surface area (Å²) in [5.74, 6) is 0.254. The molecule has 0 bridgehead atoms. The lowest BCUT2D eigenvalue weighted by molar-refractivity contribution is -0.118. The van der Waals surface area contributed by atoms with Crippen LogP contribution in [0.2, 0.25) is 0 Å². The summed E-state index contributed by atoms with van der Waals surface area (Å²) in [4.78, 5) is 11.0. The average molecular weight is 192 g/mol. The van der Waals surface area contributed by atoms with Crippen LogP contribution in [0, 0.1) is 6.92 Å². The third-order valence-electron chi connectivity index (χ3n) is 2.19. The second-order valence-electron chi connectivity index (χ2n) is 3.24. The van der Waals surface area contributed by atoms with Gasteiger partial charge in [-0.1, -0.05) is 50.6 Å². The van der Waals surface area contributed by atoms with Crippen molar-refractivity contribution < 1.29 is 4.79 Å². The van der Waals surface area contributed by atoms with Crippen molar-refractivity contribution >= 4 is 5.78 Å². The van der Waals surface area contributed by atoms with Gasteiger partial charge >= 0.3 is 0 Å². The van der Waals surface area contributed by atoms with Gasteiger partial charge in [0.25, 0.3) is 0 Å². The smallest absolute Gasteiger partial charge is 0.136 e. The van der Waals surface area contributed by atoms with E-state index in [1.807, 2.05) is 52.0 Å². The van der Waals surface area contributed by atoms with Crippen LogP contribution in [0.3, 0.4) is 0 Å². The Hall–Kier alpha value is -1.11. The van der Waals surface area contributed by atoms with Gasteiger partial charge in [0.05, 0.1) is 0 Å². The van der Waals surface area contributed by atoms with E-state index in [4.69, 9.17) is 0 Å². The first-order valence-electron chi connectivity index (χ1n) is 5.18. The maximum Gasteiger partial charge on any atom is 0.136 e. The van der Waals surface area contributed by atoms with Crippen molar-refractivity contribution in [1.82, 2.24) is 0 Å². The van der Waals surface area contributed by atoms with Crippen molar-refractivity contribution in [2.45, 2.75) is 40.5 Å². The molecule has 0 aliphatic rings. The summed E-state index contributed by atoms with van der Waals surface area (Å²) in [7, 11) is 0. The molecule has 1 aromatic rings. The molecule has 0 radical (unpaired) electrons. The number of benzene rings is 1. The van der Waals surface area contributed by atoms with Crippen LogP contribution in [0.5, 0.6) is 0 Å². The fourth-order valence-electron chi connectivity index (χ4n) is 1.09. The molecule has 14 heavy (non-hydrogen) atoms. The third-order valence-corrected chi connectivity index (χ3v) is 2.19. The first kappa shape index (κ1) is 12.9. The number of rotatable bonds is 2. The molecule has 0 amide bonds. The molecule has 0 fully saturated rings. The van der Waals surface area contributed by atoms with E-state index >= 15 is 0 Å². The second-order valence-corrected chi connectivity index (χ2v) is 3.24. The van der Waals surface area contributed by atoms with Crippen LogP contribution in [-0.2, 0) is 4.79 Å². The van der Waals surface area contributed by atoms with Crippen LogP contribution in [0.15, 0.2) is 24.3 Å². The lowest BCUT2D eigenvalue weighted by atomic mass is 9.97. The van der Waals surface area contributed by atoms with Crippen molar-refractivity contribution in [1.29, 1.82) is 0 Å². The molecule has 1 aromatic carbocycles. The molecular formula is C13H20O. The molecule has 0 aliphatic carbocycles. The molecule has 0 heterocycles. The van der Waals surface area contributed by atoms with Crippen LogP contribution >= 0.6 is 0 Å². The Bertz CT molecular complexity index is 272. The maximum atomic E-state index is 11.0. The molecule has 0 spiro atoms. The van der Waals surface area contributed by atoms with Gasteiger partial charge in [0.15, 0.2) is 0 Å². The minimum atomic E-state index is 0.0330. The number of ketones is 1. The zero-order valence-electron chi connectivity index (χ0n) is 9.79. The predicted molar refractivity (Wildman–Crippen MR) is 61.6 cm³/mol. The van der Waals surface area contributed by atoms with Gasteiger partial charge in [-0.15, -0.1) is 0 Å². The number of Topliss-reactive ketones (excluding diaryl/α,β-unsaturated/α-hetero) is 1. The van der Waals surface area contributed by atoms with E-state index < -0.39 is 0 Å². The highest BCUT2D eigenvalue weighted by Gasteiger charge is 2.08. The average Bonchev–Trinajstić information content (AvgIpc) is 2.21. The first-order chi connectivity index (χ1) is 6.61. The Balaban J connectivity index is 0.000000791. The normalized spacial score (nSPS) is 11.2. The topological polar surface area (TPSA) is 17.1 Å². The van der Waals surface area contributed by atoms with E-state index in [0.29, 0.717) is 0 Å². The quantitative estimate of drug-likeness (QED) is 0.698. The molecule has 1 unspecified atom stereocenters. The predicted octanol–water partition coefficient (Wildman–Crippen LogP) is 3.71. The monoisotopic (exact) mass is 192 g/mol. The summed E-state index contributed by atoms with van der Waals surface area (Å²) < 4.78 is 0. The fourth-order valence-corrected chi connectivity index (χ4v) is 1.09. The van der Waals surface area contributed by atoms with Crippen molar-refractivity contribution in [3.05, 3.63) is 35.4 Å². The van der Waals surface area contributed by atoms with Crippen LogP contribution in [0.4, 0.5) is 0 Å². The summed E-state index contributed by atoms with van der Waals surface area (Å²) in [6, 6.07) is 8.10. The van der Waals surface area contributed by atoms with Gasteiger partial charge in [-0.2, -0.15) is 0 Å². The maximum absolute atomic E-state index is 11.0. The van der Waals surface area contributed by atoms with Crippen LogP contribution < -0.4 is 0 Å². The van der Waals surface area contributed by atoms with Crippen molar-refractivity contribution in [3.63, 3.8) is 0 Å². The first-order valence-corrected chi connectivity index (χ1v) is 5.18. The Labute approximate surface area is 87.2 Å². The van der Waals surface area contributed by atoms with E-state index in [2.05, 4.69) is 0 Å². The Morgan fingerprint density at radius 2 is 1.57 bits per heavy atom. The van der Waals surface area contributed by atoms with E-state index in [1.165, 1.54) is 5.56 Å². The van der Waals surface area contributed by atoms with E-state index in [0.717, 1.165) is 5.56 Å². The van der Waals surface area contributed by atoms with Gasteiger partial charge in [0.1, 0.15) is 5.78 Å². The van der Waals surface area contributed by atoms with Crippen molar-refractivity contribution in [2.24, 2.45) is 0 Å². The Morgan fingerprint density at radius 3 is 1.93 bits per heavy atom. The van der Waals surface area contributed by atoms with Gasteiger partial charge in [-0.3, -0.25) is 4.79 Å². The van der Waals surface area contributed by atoms with Crippen LogP contribution in [-0.4, -0.2) is 5.78 Å². The van der Waals surface area contributed by atoms with E-state index in [9.17, 15) is 4.79 Å². The number of carbonyl (C=O) groups is 1. The highest BCUT2D eigenvalue weighted by atomic mass is 16.1. The number of aryl methyl sites for hydroxylation is 1. The largest absolute Gasteiger partial charge is 0.299 e. The van der Waals surface area contributed by atoms with Gasteiger partial charge in [-0.25, -0.2) is 0 Å². The van der Waals surface area contributed by atoms with Crippen LogP contribution in [0.25, 0.3) is 0 Å². The molecule has 0 saturated carbocycles. The molecule has 0 aliphatic heterocycles. The van der Waals surface area contributed by atoms with Gasteiger partial charge < -0.3 is 0 Å². The molecule has 0 aromatic heterocycles. The van der Waals surface area contributed by atoms with Crippen molar-refractivity contribution in [3.8, 4) is 0 Å². The zero-order chi connectivity index (χ0) is 11.1. The minimum absolute atomic E-state index is 0.0330. The summed E-state index contributed by atoms with van der Waals surface area (Å²) >= 11 is 0. The number of hydrogen-bond donors (Lipinski definition) is 0. The Kier molecular flexibility index (Phi) is 5.86. The summed E-state index contributed by atoms with van der Waals surface area (Å²) in [5.41, 5.74) is 2.34. The minimum Gasteiger partial charge on any atom is -0.299 e. The highest BCUT2D eigenvalue weighted by molar-refractivity contribution is 5.82. The molecule has 1 heteroatoms. The standard InChI is InChI=1S/C11H14O.C2H6/c1-8-4-6-11(7-5-8)9(2)10(3)12;1-2/h4-7,9H,1-3H3;1-2H3. The van der Waals surface area contributed by atoms with Gasteiger partial charge in [0.2, 0.25) is 0 Å². The second kappa shape index (κ2) is 6.36. The molecule has 1 atom stereocenters. The highest BCUT2D eigenvalue weighted by Crippen LogP contribution is 2.16. The van der Waals surface area contributed by atoms with Crippen molar-refractivity contribution in [2.75, 3.05) is 0 Å². The molecule has 0 saturated heterocycles. The fraction of sp³-hybridized carbons (Fsp3) is 0.462. The summed E-state index contributed by atoms with van der Waals surface area (Å²) in [6.45, 7) is 9.61. The third kappa shape index (κ3) is 3.73. The van der Waals surface area contributed by atoms with Crippen LogP contribution in [0.1, 0.15) is 44.7 Å². The Morgan fingerprint density at radius 1 is 1.14 bits per heavy atom. The lowest BCUT2D eigenvalue weighted by Crippen LogP contribution is -2.03. The van der Waals surface area contributed by atoms with Gasteiger partial charge in [-0.05, 0) is 19.4 Å². The van der Waals surface area contributed by atoms with E-state index in [1.54, 1.807) is 6.92 Å². The SMILES string of the molecule is CC.CC(=O)C(C)c1ccc(C)cc1. The summed E-state index contributed by atoms with van der Waals surface area (Å²) in [5, 5.41) is 0. The number of hydrogen-bond acceptors (Lipinski definition) is 1. The van der Waals surface area contributed by atoms with Gasteiger partial charge in [0, 0.05) is 5.92 Å². The molecule has 78 valence electrons. The molecule has 0 N–H and O–H groups in total. The lowest BCUT2D eigenvalue weighted by Gasteiger charge is -2.07. The summed E-state index contributed by atoms with van der Waals surface area (Å²) in [6.07, 6.45) is 0. The molecule has 1 rings (SSSR count).